The fourth-order valence-corrected chi connectivity index (χ4v) is 1.32. The van der Waals surface area contributed by atoms with Crippen LogP contribution in [0.4, 0.5) is 5.69 Å². The highest BCUT2D eigenvalue weighted by Crippen LogP contribution is 2.12. The second-order valence-electron chi connectivity index (χ2n) is 3.52. The molecule has 1 heterocycles. The molecule has 0 saturated carbocycles. The lowest BCUT2D eigenvalue weighted by atomic mass is 10.2. The molecule has 0 aliphatic carbocycles. The molecular formula is C12H13NO3. The third-order valence-corrected chi connectivity index (χ3v) is 2.18. The zero-order valence-electron chi connectivity index (χ0n) is 9.03. The number of anilines is 1. The monoisotopic (exact) mass is 219 g/mol. The van der Waals surface area contributed by atoms with Gasteiger partial charge in [-0.3, -0.25) is 4.79 Å². The van der Waals surface area contributed by atoms with Crippen LogP contribution in [-0.4, -0.2) is 19.1 Å². The average Bonchev–Trinajstić information content (AvgIpc) is 2.33. The average molecular weight is 219 g/mol. The maximum absolute atomic E-state index is 11.7. The van der Waals surface area contributed by atoms with Crippen molar-refractivity contribution in [2.45, 2.75) is 6.92 Å². The van der Waals surface area contributed by atoms with Crippen LogP contribution in [0.25, 0.3) is 0 Å². The largest absolute Gasteiger partial charge is 0.494 e. The predicted octanol–water partition coefficient (Wildman–Crippen LogP) is 1.82. The van der Waals surface area contributed by atoms with Crippen LogP contribution < -0.4 is 5.32 Å². The molecule has 4 nitrogen and oxygen atoms in total. The van der Waals surface area contributed by atoms with Gasteiger partial charge in [0.05, 0.1) is 0 Å². The minimum atomic E-state index is -0.288. The third-order valence-electron chi connectivity index (χ3n) is 2.18. The Balaban J connectivity index is 2.01. The van der Waals surface area contributed by atoms with Crippen LogP contribution >= 0.6 is 0 Å². The molecule has 0 bridgehead atoms. The van der Waals surface area contributed by atoms with E-state index in [1.165, 1.54) is 6.26 Å². The highest BCUT2D eigenvalue weighted by Gasteiger charge is 2.14. The van der Waals surface area contributed by atoms with Crippen LogP contribution in [-0.2, 0) is 14.3 Å². The molecule has 0 unspecified atom stereocenters. The van der Waals surface area contributed by atoms with Gasteiger partial charge >= 0.3 is 0 Å². The first kappa shape index (κ1) is 10.5. The molecule has 1 aliphatic heterocycles. The van der Waals surface area contributed by atoms with Crippen LogP contribution in [0, 0.1) is 6.92 Å². The maximum Gasteiger partial charge on any atom is 0.294 e. The first-order valence-electron chi connectivity index (χ1n) is 5.08. The van der Waals surface area contributed by atoms with E-state index in [0.29, 0.717) is 13.2 Å². The number of hydrogen-bond acceptors (Lipinski definition) is 3. The maximum atomic E-state index is 11.7. The van der Waals surface area contributed by atoms with E-state index in [1.807, 2.05) is 31.2 Å². The van der Waals surface area contributed by atoms with E-state index in [9.17, 15) is 4.79 Å². The second-order valence-corrected chi connectivity index (χ2v) is 3.52. The van der Waals surface area contributed by atoms with Gasteiger partial charge in [0.2, 0.25) is 5.76 Å². The molecule has 84 valence electrons. The molecule has 16 heavy (non-hydrogen) atoms. The number of aryl methyl sites for hydroxylation is 1. The molecule has 0 fully saturated rings. The van der Waals surface area contributed by atoms with E-state index in [1.54, 1.807) is 0 Å². The Kier molecular flexibility index (Phi) is 3.10. The molecule has 0 spiro atoms. The Bertz CT molecular complexity index is 409. The Morgan fingerprint density at radius 1 is 1.25 bits per heavy atom. The number of benzene rings is 1. The van der Waals surface area contributed by atoms with Crippen LogP contribution in [0.15, 0.2) is 36.3 Å². The number of amides is 1. The van der Waals surface area contributed by atoms with Gasteiger partial charge in [-0.2, -0.15) is 0 Å². The van der Waals surface area contributed by atoms with Crippen LogP contribution in [0.2, 0.25) is 0 Å². The Hall–Kier alpha value is -1.97. The number of carbonyl (C=O) groups is 1. The van der Waals surface area contributed by atoms with E-state index in [2.05, 4.69) is 5.32 Å². The lowest BCUT2D eigenvalue weighted by molar-refractivity contribution is -0.117. The summed E-state index contributed by atoms with van der Waals surface area (Å²) in [4.78, 5) is 11.7. The topological polar surface area (TPSA) is 47.6 Å². The molecule has 1 aromatic carbocycles. The quantitative estimate of drug-likeness (QED) is 0.825. The van der Waals surface area contributed by atoms with E-state index in [4.69, 9.17) is 9.47 Å². The zero-order valence-corrected chi connectivity index (χ0v) is 9.03. The van der Waals surface area contributed by atoms with Crippen LogP contribution in [0.3, 0.4) is 0 Å². The zero-order chi connectivity index (χ0) is 11.4. The smallest absolute Gasteiger partial charge is 0.294 e. The summed E-state index contributed by atoms with van der Waals surface area (Å²) in [7, 11) is 0. The van der Waals surface area contributed by atoms with Gasteiger partial charge in [-0.25, -0.2) is 0 Å². The molecule has 1 N–H and O–H groups in total. The lowest BCUT2D eigenvalue weighted by Crippen LogP contribution is -2.21. The molecule has 1 aliphatic rings. The summed E-state index contributed by atoms with van der Waals surface area (Å²) in [6.07, 6.45) is 1.34. The molecular weight excluding hydrogens is 206 g/mol. The van der Waals surface area contributed by atoms with Gasteiger partial charge in [-0.15, -0.1) is 0 Å². The normalized spacial score (nSPS) is 14.4. The van der Waals surface area contributed by atoms with Crippen molar-refractivity contribution < 1.29 is 14.3 Å². The first-order valence-corrected chi connectivity index (χ1v) is 5.08. The number of hydrogen-bond donors (Lipinski definition) is 1. The summed E-state index contributed by atoms with van der Waals surface area (Å²) >= 11 is 0. The highest BCUT2D eigenvalue weighted by atomic mass is 16.6. The lowest BCUT2D eigenvalue weighted by Gasteiger charge is -2.15. The molecule has 0 atom stereocenters. The van der Waals surface area contributed by atoms with Crippen molar-refractivity contribution in [3.8, 4) is 0 Å². The number of nitrogens with one attached hydrogen (secondary N) is 1. The summed E-state index contributed by atoms with van der Waals surface area (Å²) < 4.78 is 10.2. The van der Waals surface area contributed by atoms with Gasteiger partial charge in [0.25, 0.3) is 5.91 Å². The van der Waals surface area contributed by atoms with Crippen LogP contribution in [0.1, 0.15) is 5.56 Å². The molecule has 1 amide bonds. The molecule has 0 aromatic heterocycles. The summed E-state index contributed by atoms with van der Waals surface area (Å²) in [5, 5.41) is 2.73. The van der Waals surface area contributed by atoms with E-state index < -0.39 is 0 Å². The highest BCUT2D eigenvalue weighted by molar-refractivity contribution is 6.02. The van der Waals surface area contributed by atoms with Gasteiger partial charge in [-0.05, 0) is 19.1 Å². The van der Waals surface area contributed by atoms with Crippen molar-refractivity contribution in [2.75, 3.05) is 18.5 Å². The number of rotatable bonds is 2. The summed E-state index contributed by atoms with van der Waals surface area (Å²) in [6.45, 7) is 2.89. The van der Waals surface area contributed by atoms with E-state index in [-0.39, 0.29) is 11.7 Å². The SMILES string of the molecule is Cc1ccc(NC(=O)C2=COCCO2)cc1. The Labute approximate surface area is 93.9 Å². The van der Waals surface area contributed by atoms with Crippen molar-refractivity contribution in [1.29, 1.82) is 0 Å². The Morgan fingerprint density at radius 3 is 2.62 bits per heavy atom. The molecule has 4 heteroatoms. The summed E-state index contributed by atoms with van der Waals surface area (Å²) in [6, 6.07) is 7.55. The predicted molar refractivity (Wildman–Crippen MR) is 59.8 cm³/mol. The standard InChI is InChI=1S/C12H13NO3/c1-9-2-4-10(5-3-9)13-12(14)11-8-15-6-7-16-11/h2-5,8H,6-7H2,1H3,(H,13,14). The van der Waals surface area contributed by atoms with Gasteiger partial charge in [0.1, 0.15) is 19.5 Å². The number of ether oxygens (including phenoxy) is 2. The third kappa shape index (κ3) is 2.53. The molecule has 2 rings (SSSR count). The van der Waals surface area contributed by atoms with Crippen molar-refractivity contribution in [3.63, 3.8) is 0 Å². The van der Waals surface area contributed by atoms with Crippen molar-refractivity contribution in [2.24, 2.45) is 0 Å². The summed E-state index contributed by atoms with van der Waals surface area (Å²) in [5.41, 5.74) is 1.89. The minimum Gasteiger partial charge on any atom is -0.494 e. The summed E-state index contributed by atoms with van der Waals surface area (Å²) in [5.74, 6) is -0.0737. The molecule has 1 aromatic rings. The van der Waals surface area contributed by atoms with Gasteiger partial charge in [0.15, 0.2) is 0 Å². The van der Waals surface area contributed by atoms with Crippen molar-refractivity contribution >= 4 is 11.6 Å². The van der Waals surface area contributed by atoms with Gasteiger partial charge in [0, 0.05) is 5.69 Å². The minimum absolute atomic E-state index is 0.215. The fourth-order valence-electron chi connectivity index (χ4n) is 1.32. The van der Waals surface area contributed by atoms with Crippen LogP contribution in [0.5, 0.6) is 0 Å². The molecule has 0 saturated heterocycles. The first-order chi connectivity index (χ1) is 7.75. The van der Waals surface area contributed by atoms with Crippen molar-refractivity contribution in [1.82, 2.24) is 0 Å². The second kappa shape index (κ2) is 4.70. The van der Waals surface area contributed by atoms with E-state index >= 15 is 0 Å². The fraction of sp³-hybridized carbons (Fsp3) is 0.250. The Morgan fingerprint density at radius 2 is 2.00 bits per heavy atom. The number of carbonyl (C=O) groups excluding carboxylic acids is 1. The van der Waals surface area contributed by atoms with Gasteiger partial charge in [-0.1, -0.05) is 17.7 Å². The van der Waals surface area contributed by atoms with Gasteiger partial charge < -0.3 is 14.8 Å². The molecule has 0 radical (unpaired) electrons. The van der Waals surface area contributed by atoms with E-state index in [0.717, 1.165) is 11.3 Å². The van der Waals surface area contributed by atoms with Crippen molar-refractivity contribution in [3.05, 3.63) is 41.9 Å².